The standard InChI is InChI=1S/C25H16ClI3N2O4/c1-13-2-7-17(11-19(13)26)31-24(33)18(23(32)30-25(31)34)8-15-9-20(28)22(21(29)10-15)35-12-14-3-5-16(27)6-4-14/h2-11H,12H2,1H3,(H,30,32,34)/b18-8-. The smallest absolute Gasteiger partial charge is 0.335 e. The highest BCUT2D eigenvalue weighted by Crippen LogP contribution is 2.32. The molecular formula is C25H16ClI3N2O4. The van der Waals surface area contributed by atoms with E-state index in [1.54, 1.807) is 12.1 Å². The molecule has 4 amide bonds. The van der Waals surface area contributed by atoms with Gasteiger partial charge in [0.1, 0.15) is 17.9 Å². The van der Waals surface area contributed by atoms with Gasteiger partial charge in [-0.2, -0.15) is 0 Å². The van der Waals surface area contributed by atoms with Gasteiger partial charge in [-0.3, -0.25) is 14.9 Å². The van der Waals surface area contributed by atoms with Crippen molar-refractivity contribution < 1.29 is 19.1 Å². The minimum atomic E-state index is -0.819. The summed E-state index contributed by atoms with van der Waals surface area (Å²) in [6.45, 7) is 2.23. The first kappa shape index (κ1) is 26.4. The Hall–Kier alpha value is -1.71. The van der Waals surface area contributed by atoms with E-state index < -0.39 is 17.8 Å². The molecule has 10 heteroatoms. The van der Waals surface area contributed by atoms with Gasteiger partial charge in [0.15, 0.2) is 0 Å². The summed E-state index contributed by atoms with van der Waals surface area (Å²) in [5, 5.41) is 2.65. The van der Waals surface area contributed by atoms with Crippen molar-refractivity contribution in [2.75, 3.05) is 4.90 Å². The van der Waals surface area contributed by atoms with E-state index >= 15 is 0 Å². The molecule has 178 valence electrons. The Bertz CT molecular complexity index is 1370. The van der Waals surface area contributed by atoms with E-state index in [1.165, 1.54) is 12.1 Å². The molecule has 0 aliphatic carbocycles. The molecule has 3 aromatic rings. The number of benzene rings is 3. The van der Waals surface area contributed by atoms with Crippen molar-refractivity contribution in [1.29, 1.82) is 0 Å². The van der Waals surface area contributed by atoms with Crippen molar-refractivity contribution in [2.24, 2.45) is 0 Å². The summed E-state index contributed by atoms with van der Waals surface area (Å²) in [6, 6.07) is 15.7. The van der Waals surface area contributed by atoms with E-state index in [1.807, 2.05) is 43.3 Å². The van der Waals surface area contributed by atoms with Crippen LogP contribution in [0.2, 0.25) is 5.02 Å². The molecule has 1 N–H and O–H groups in total. The minimum absolute atomic E-state index is 0.152. The lowest BCUT2D eigenvalue weighted by Gasteiger charge is -2.26. The van der Waals surface area contributed by atoms with E-state index in [0.29, 0.717) is 17.2 Å². The highest BCUT2D eigenvalue weighted by molar-refractivity contribution is 14.1. The number of hydrogen-bond donors (Lipinski definition) is 1. The molecule has 0 atom stereocenters. The summed E-state index contributed by atoms with van der Waals surface area (Å²) in [5.41, 5.74) is 2.62. The van der Waals surface area contributed by atoms with Crippen molar-refractivity contribution in [2.45, 2.75) is 13.5 Å². The van der Waals surface area contributed by atoms with Gasteiger partial charge in [-0.15, -0.1) is 0 Å². The summed E-state index contributed by atoms with van der Waals surface area (Å²) < 4.78 is 8.85. The zero-order valence-electron chi connectivity index (χ0n) is 18.1. The zero-order valence-corrected chi connectivity index (χ0v) is 25.3. The molecule has 0 radical (unpaired) electrons. The first-order chi connectivity index (χ1) is 16.6. The predicted molar refractivity (Wildman–Crippen MR) is 161 cm³/mol. The highest BCUT2D eigenvalue weighted by Gasteiger charge is 2.37. The van der Waals surface area contributed by atoms with E-state index in [9.17, 15) is 14.4 Å². The molecule has 1 fully saturated rings. The highest BCUT2D eigenvalue weighted by atomic mass is 127. The minimum Gasteiger partial charge on any atom is -0.487 e. The van der Waals surface area contributed by atoms with Gasteiger partial charge in [0.25, 0.3) is 11.8 Å². The monoisotopic (exact) mass is 824 g/mol. The summed E-state index contributed by atoms with van der Waals surface area (Å²) in [6.07, 6.45) is 1.47. The quantitative estimate of drug-likeness (QED) is 0.177. The molecule has 0 aromatic heterocycles. The molecule has 6 nitrogen and oxygen atoms in total. The number of anilines is 1. The number of halogens is 4. The average molecular weight is 825 g/mol. The maximum absolute atomic E-state index is 13.2. The Morgan fingerprint density at radius 3 is 2.26 bits per heavy atom. The fraction of sp³-hybridized carbons (Fsp3) is 0.0800. The molecule has 1 aliphatic heterocycles. The van der Waals surface area contributed by atoms with Crippen molar-refractivity contribution in [1.82, 2.24) is 5.32 Å². The van der Waals surface area contributed by atoms with E-state index in [-0.39, 0.29) is 11.3 Å². The number of aryl methyl sites for hydroxylation is 1. The van der Waals surface area contributed by atoms with Crippen LogP contribution in [0.15, 0.2) is 60.2 Å². The third kappa shape index (κ3) is 6.00. The lowest BCUT2D eigenvalue weighted by molar-refractivity contribution is -0.122. The van der Waals surface area contributed by atoms with Gasteiger partial charge in [-0.05, 0) is 134 Å². The number of ether oxygens (including phenoxy) is 1. The van der Waals surface area contributed by atoms with Gasteiger partial charge in [-0.25, -0.2) is 9.69 Å². The van der Waals surface area contributed by atoms with Gasteiger partial charge in [0, 0.05) is 8.59 Å². The third-order valence-electron chi connectivity index (χ3n) is 5.14. The number of urea groups is 1. The van der Waals surface area contributed by atoms with Crippen molar-refractivity contribution >= 4 is 109 Å². The Kier molecular flexibility index (Phi) is 8.38. The van der Waals surface area contributed by atoms with Crippen LogP contribution in [0, 0.1) is 17.6 Å². The van der Waals surface area contributed by atoms with Crippen LogP contribution in [-0.2, 0) is 16.2 Å². The summed E-state index contributed by atoms with van der Waals surface area (Å²) >= 11 is 12.8. The van der Waals surface area contributed by atoms with Crippen LogP contribution in [0.1, 0.15) is 16.7 Å². The molecule has 4 rings (SSSR count). The molecular weight excluding hydrogens is 808 g/mol. The van der Waals surface area contributed by atoms with Crippen LogP contribution in [-0.4, -0.2) is 17.8 Å². The van der Waals surface area contributed by atoms with Crippen LogP contribution in [0.25, 0.3) is 6.08 Å². The molecule has 1 heterocycles. The molecule has 0 saturated carbocycles. The summed E-state index contributed by atoms with van der Waals surface area (Å²) in [4.78, 5) is 39.1. The Labute approximate surface area is 247 Å². The summed E-state index contributed by atoms with van der Waals surface area (Å²) in [7, 11) is 0. The SMILES string of the molecule is Cc1ccc(N2C(=O)NC(=O)/C(=C/c3cc(I)c(OCc4ccc(I)cc4)c(I)c3)C2=O)cc1Cl. The number of barbiturate groups is 1. The van der Waals surface area contributed by atoms with E-state index in [2.05, 4.69) is 73.1 Å². The number of amides is 4. The fourth-order valence-corrected chi connectivity index (χ4v) is 5.98. The fourth-order valence-electron chi connectivity index (χ4n) is 3.32. The Morgan fingerprint density at radius 2 is 1.63 bits per heavy atom. The van der Waals surface area contributed by atoms with Crippen LogP contribution in [0.4, 0.5) is 10.5 Å². The Morgan fingerprint density at radius 1 is 0.971 bits per heavy atom. The summed E-state index contributed by atoms with van der Waals surface area (Å²) in [5.74, 6) is -0.751. The maximum Gasteiger partial charge on any atom is 0.335 e. The number of carbonyl (C=O) groups excluding carboxylic acids is 3. The van der Waals surface area contributed by atoms with Crippen molar-refractivity contribution in [3.05, 3.63) is 92.6 Å². The van der Waals surface area contributed by atoms with Gasteiger partial charge in [0.05, 0.1) is 12.8 Å². The molecule has 0 unspecified atom stereocenters. The van der Waals surface area contributed by atoms with E-state index in [4.69, 9.17) is 16.3 Å². The lowest BCUT2D eigenvalue weighted by Crippen LogP contribution is -2.54. The zero-order chi connectivity index (χ0) is 25.3. The van der Waals surface area contributed by atoms with Gasteiger partial charge in [-0.1, -0.05) is 29.8 Å². The average Bonchev–Trinajstić information content (AvgIpc) is 2.79. The van der Waals surface area contributed by atoms with Crippen LogP contribution in [0.3, 0.4) is 0 Å². The second-order valence-electron chi connectivity index (χ2n) is 7.62. The molecule has 35 heavy (non-hydrogen) atoms. The number of rotatable bonds is 5. The first-order valence-corrected chi connectivity index (χ1v) is 13.8. The number of nitrogens with zero attached hydrogens (tertiary/aromatic N) is 1. The van der Waals surface area contributed by atoms with E-state index in [0.717, 1.165) is 32.5 Å². The van der Waals surface area contributed by atoms with Crippen LogP contribution >= 0.6 is 79.4 Å². The first-order valence-electron chi connectivity index (χ1n) is 10.2. The van der Waals surface area contributed by atoms with Gasteiger partial charge < -0.3 is 4.74 Å². The topological polar surface area (TPSA) is 75.7 Å². The normalized spacial score (nSPS) is 14.9. The van der Waals surface area contributed by atoms with Gasteiger partial charge in [0.2, 0.25) is 0 Å². The Balaban J connectivity index is 1.61. The molecule has 0 spiro atoms. The van der Waals surface area contributed by atoms with Crippen molar-refractivity contribution in [3.8, 4) is 5.75 Å². The second kappa shape index (κ2) is 11.1. The van der Waals surface area contributed by atoms with Gasteiger partial charge >= 0.3 is 6.03 Å². The van der Waals surface area contributed by atoms with Crippen LogP contribution in [0.5, 0.6) is 5.75 Å². The number of imide groups is 2. The number of carbonyl (C=O) groups is 3. The molecule has 1 saturated heterocycles. The van der Waals surface area contributed by atoms with Crippen molar-refractivity contribution in [3.63, 3.8) is 0 Å². The second-order valence-corrected chi connectivity index (χ2v) is 11.6. The lowest BCUT2D eigenvalue weighted by atomic mass is 10.1. The third-order valence-corrected chi connectivity index (χ3v) is 7.87. The largest absolute Gasteiger partial charge is 0.487 e. The predicted octanol–water partition coefficient (Wildman–Crippen LogP) is 6.71. The maximum atomic E-state index is 13.2. The van der Waals surface area contributed by atoms with Crippen LogP contribution < -0.4 is 15.0 Å². The number of nitrogens with one attached hydrogen (secondary N) is 1. The molecule has 0 bridgehead atoms. The molecule has 3 aromatic carbocycles. The number of hydrogen-bond acceptors (Lipinski definition) is 4. The molecule has 1 aliphatic rings.